The van der Waals surface area contributed by atoms with Gasteiger partial charge in [-0.25, -0.2) is 4.98 Å². The molecular weight excluding hydrogens is 352 g/mol. The van der Waals surface area contributed by atoms with Crippen LogP contribution in [0.5, 0.6) is 5.75 Å². The predicted octanol–water partition coefficient (Wildman–Crippen LogP) is 4.45. The minimum absolute atomic E-state index is 0.0955. The third kappa shape index (κ3) is 4.74. The van der Waals surface area contributed by atoms with Crippen molar-refractivity contribution < 1.29 is 9.53 Å². The van der Waals surface area contributed by atoms with Crippen molar-refractivity contribution in [3.8, 4) is 5.75 Å². The van der Waals surface area contributed by atoms with Crippen molar-refractivity contribution in [1.29, 1.82) is 0 Å². The summed E-state index contributed by atoms with van der Waals surface area (Å²) in [6, 6.07) is 15.9. The monoisotopic (exact) mass is 372 g/mol. The van der Waals surface area contributed by atoms with Gasteiger partial charge in [0.1, 0.15) is 5.75 Å². The van der Waals surface area contributed by atoms with Crippen LogP contribution in [0.4, 0.5) is 0 Å². The number of carbonyl (C=O) groups excluding carboxylic acids is 1. The first-order valence-corrected chi connectivity index (χ1v) is 9.90. The van der Waals surface area contributed by atoms with Gasteiger partial charge in [-0.3, -0.25) is 4.79 Å². The Morgan fingerprint density at radius 1 is 1.20 bits per heavy atom. The van der Waals surface area contributed by atoms with Gasteiger partial charge < -0.3 is 9.64 Å². The Labute approximate surface area is 155 Å². The number of hydrogen-bond donors (Lipinski definition) is 0. The normalized spacial score (nSPS) is 10.8. The van der Waals surface area contributed by atoms with Crippen molar-refractivity contribution in [2.75, 3.05) is 19.4 Å². The van der Waals surface area contributed by atoms with Gasteiger partial charge in [0.05, 0.1) is 22.6 Å². The Balaban J connectivity index is 1.53. The molecule has 1 aromatic heterocycles. The summed E-state index contributed by atoms with van der Waals surface area (Å²) in [4.78, 5) is 18.7. The molecule has 1 amide bonds. The van der Waals surface area contributed by atoms with E-state index in [4.69, 9.17) is 4.74 Å². The van der Waals surface area contributed by atoms with Gasteiger partial charge in [-0.05, 0) is 36.8 Å². The number of para-hydroxylation sites is 1. The summed E-state index contributed by atoms with van der Waals surface area (Å²) >= 11 is 3.13. The van der Waals surface area contributed by atoms with Crippen molar-refractivity contribution in [1.82, 2.24) is 9.88 Å². The number of nitrogens with zero attached hydrogens (tertiary/aromatic N) is 2. The molecule has 0 bridgehead atoms. The third-order valence-electron chi connectivity index (χ3n) is 3.67. The molecule has 0 aliphatic rings. The number of amides is 1. The molecule has 2 aromatic carbocycles. The maximum absolute atomic E-state index is 12.4. The molecule has 25 heavy (non-hydrogen) atoms. The molecule has 0 N–H and O–H groups in total. The van der Waals surface area contributed by atoms with Crippen LogP contribution in [0.2, 0.25) is 0 Å². The number of hydrogen-bond acceptors (Lipinski definition) is 5. The van der Waals surface area contributed by atoms with Crippen molar-refractivity contribution in [2.45, 2.75) is 17.8 Å². The second-order valence-electron chi connectivity index (χ2n) is 5.56. The van der Waals surface area contributed by atoms with E-state index < -0.39 is 0 Å². The number of thiazole rings is 1. The lowest BCUT2D eigenvalue weighted by atomic mass is 10.2. The molecule has 0 aliphatic carbocycles. The minimum Gasteiger partial charge on any atom is -0.494 e. The fourth-order valence-corrected chi connectivity index (χ4v) is 4.38. The van der Waals surface area contributed by atoms with Gasteiger partial charge in [-0.1, -0.05) is 36.0 Å². The number of ether oxygens (including phenoxy) is 1. The van der Waals surface area contributed by atoms with Crippen LogP contribution in [0.15, 0.2) is 52.9 Å². The first-order valence-electron chi connectivity index (χ1n) is 8.10. The van der Waals surface area contributed by atoms with Gasteiger partial charge in [0, 0.05) is 13.6 Å². The van der Waals surface area contributed by atoms with E-state index in [2.05, 4.69) is 11.1 Å². The lowest BCUT2D eigenvalue weighted by Crippen LogP contribution is -2.27. The molecule has 1 heterocycles. The van der Waals surface area contributed by atoms with E-state index in [9.17, 15) is 4.79 Å². The van der Waals surface area contributed by atoms with Gasteiger partial charge in [0.2, 0.25) is 5.91 Å². The number of benzene rings is 2. The van der Waals surface area contributed by atoms with Crippen LogP contribution < -0.4 is 4.74 Å². The Morgan fingerprint density at radius 3 is 2.68 bits per heavy atom. The highest BCUT2D eigenvalue weighted by molar-refractivity contribution is 8.01. The van der Waals surface area contributed by atoms with Crippen molar-refractivity contribution in [2.24, 2.45) is 0 Å². The maximum Gasteiger partial charge on any atom is 0.233 e. The first kappa shape index (κ1) is 17.8. The molecule has 0 radical (unpaired) electrons. The van der Waals surface area contributed by atoms with Crippen molar-refractivity contribution in [3.05, 3.63) is 54.1 Å². The summed E-state index contributed by atoms with van der Waals surface area (Å²) < 4.78 is 7.52. The van der Waals surface area contributed by atoms with Crippen LogP contribution in [-0.2, 0) is 11.3 Å². The zero-order valence-corrected chi connectivity index (χ0v) is 15.9. The zero-order chi connectivity index (χ0) is 17.6. The number of rotatable bonds is 7. The summed E-state index contributed by atoms with van der Waals surface area (Å²) in [7, 11) is 1.83. The van der Waals surface area contributed by atoms with E-state index in [0.717, 1.165) is 25.9 Å². The highest BCUT2D eigenvalue weighted by Gasteiger charge is 2.12. The maximum atomic E-state index is 12.4. The number of fused-ring (bicyclic) bond motifs is 1. The van der Waals surface area contributed by atoms with Crippen LogP contribution in [0.3, 0.4) is 0 Å². The quantitative estimate of drug-likeness (QED) is 0.575. The van der Waals surface area contributed by atoms with Gasteiger partial charge >= 0.3 is 0 Å². The minimum atomic E-state index is 0.0955. The molecule has 4 nitrogen and oxygen atoms in total. The molecular formula is C19H20N2O2S2. The van der Waals surface area contributed by atoms with Crippen LogP contribution in [0.1, 0.15) is 12.5 Å². The molecule has 0 spiro atoms. The highest BCUT2D eigenvalue weighted by atomic mass is 32.2. The molecule has 6 heteroatoms. The van der Waals surface area contributed by atoms with E-state index in [1.54, 1.807) is 16.2 Å². The first-order chi connectivity index (χ1) is 12.2. The van der Waals surface area contributed by atoms with Crippen LogP contribution in [0, 0.1) is 0 Å². The Morgan fingerprint density at radius 2 is 1.96 bits per heavy atom. The predicted molar refractivity (Wildman–Crippen MR) is 104 cm³/mol. The van der Waals surface area contributed by atoms with Gasteiger partial charge in [0.15, 0.2) is 4.34 Å². The Bertz CT molecular complexity index is 813. The molecule has 0 fully saturated rings. The summed E-state index contributed by atoms with van der Waals surface area (Å²) in [6.45, 7) is 3.20. The van der Waals surface area contributed by atoms with Crippen molar-refractivity contribution in [3.63, 3.8) is 0 Å². The number of aromatic nitrogens is 1. The fraction of sp³-hybridized carbons (Fsp3) is 0.263. The lowest BCUT2D eigenvalue weighted by molar-refractivity contribution is -0.127. The molecule has 3 rings (SSSR count). The number of carbonyl (C=O) groups is 1. The van der Waals surface area contributed by atoms with Gasteiger partial charge in [-0.2, -0.15) is 0 Å². The molecule has 0 aliphatic heterocycles. The molecule has 0 saturated carbocycles. The van der Waals surface area contributed by atoms with Crippen LogP contribution in [0.25, 0.3) is 10.2 Å². The largest absolute Gasteiger partial charge is 0.494 e. The Kier molecular flexibility index (Phi) is 5.94. The zero-order valence-electron chi connectivity index (χ0n) is 14.3. The van der Waals surface area contributed by atoms with E-state index in [1.807, 2.05) is 56.4 Å². The van der Waals surface area contributed by atoms with Gasteiger partial charge in [-0.15, -0.1) is 11.3 Å². The smallest absolute Gasteiger partial charge is 0.233 e. The van der Waals surface area contributed by atoms with Crippen molar-refractivity contribution >= 4 is 39.2 Å². The van der Waals surface area contributed by atoms with Gasteiger partial charge in [0.25, 0.3) is 0 Å². The summed E-state index contributed by atoms with van der Waals surface area (Å²) in [6.07, 6.45) is 0. The average molecular weight is 373 g/mol. The Hall–Kier alpha value is -2.05. The lowest BCUT2D eigenvalue weighted by Gasteiger charge is -2.17. The molecule has 0 saturated heterocycles. The summed E-state index contributed by atoms with van der Waals surface area (Å²) in [5, 5.41) is 0. The topological polar surface area (TPSA) is 42.4 Å². The summed E-state index contributed by atoms with van der Waals surface area (Å²) in [5.74, 6) is 1.35. The third-order valence-corrected chi connectivity index (χ3v) is 5.84. The second-order valence-corrected chi connectivity index (χ2v) is 7.82. The highest BCUT2D eigenvalue weighted by Crippen LogP contribution is 2.29. The molecule has 0 atom stereocenters. The van der Waals surface area contributed by atoms with E-state index in [-0.39, 0.29) is 5.91 Å². The molecule has 130 valence electrons. The molecule has 0 unspecified atom stereocenters. The van der Waals surface area contributed by atoms with E-state index in [0.29, 0.717) is 18.9 Å². The second kappa shape index (κ2) is 8.36. The summed E-state index contributed by atoms with van der Waals surface area (Å²) in [5.41, 5.74) is 2.08. The standard InChI is InChI=1S/C19H20N2O2S2/c1-3-23-15-10-8-14(9-11-15)12-21(2)18(22)13-24-19-20-16-6-4-5-7-17(16)25-19/h4-11H,3,12-13H2,1-2H3. The number of thioether (sulfide) groups is 1. The fourth-order valence-electron chi connectivity index (χ4n) is 2.37. The molecule has 3 aromatic rings. The van der Waals surface area contributed by atoms with E-state index >= 15 is 0 Å². The van der Waals surface area contributed by atoms with E-state index in [1.165, 1.54) is 11.8 Å². The average Bonchev–Trinajstić information content (AvgIpc) is 3.04. The van der Waals surface area contributed by atoms with Crippen LogP contribution in [-0.4, -0.2) is 35.2 Å². The SMILES string of the molecule is CCOc1ccc(CN(C)C(=O)CSc2nc3ccccc3s2)cc1. The van der Waals surface area contributed by atoms with Crippen LogP contribution >= 0.6 is 23.1 Å².